The molecule has 0 aliphatic rings. The molecule has 19 heavy (non-hydrogen) atoms. The van der Waals surface area contributed by atoms with E-state index in [1.54, 1.807) is 0 Å². The van der Waals surface area contributed by atoms with Crippen LogP contribution >= 0.6 is 34.2 Å². The highest BCUT2D eigenvalue weighted by atomic mass is 127. The number of nitrogens with two attached hydrogens (primary N) is 1. The van der Waals surface area contributed by atoms with Crippen molar-refractivity contribution >= 4 is 34.2 Å². The van der Waals surface area contributed by atoms with E-state index in [2.05, 4.69) is 46.0 Å². The number of imidazole rings is 1. The summed E-state index contributed by atoms with van der Waals surface area (Å²) < 4.78 is 3.21. The van der Waals surface area contributed by atoms with Crippen molar-refractivity contribution in [2.45, 2.75) is 19.8 Å². The highest BCUT2D eigenvalue weighted by Gasteiger charge is 2.19. The maximum Gasteiger partial charge on any atom is 0.0994 e. The number of aromatic nitrogens is 2. The van der Waals surface area contributed by atoms with Gasteiger partial charge >= 0.3 is 0 Å². The quantitative estimate of drug-likeness (QED) is 0.808. The molecule has 0 amide bonds. The van der Waals surface area contributed by atoms with Crippen LogP contribution in [0.15, 0.2) is 30.7 Å². The summed E-state index contributed by atoms with van der Waals surface area (Å²) in [5.41, 5.74) is 8.15. The zero-order chi connectivity index (χ0) is 14.0. The van der Waals surface area contributed by atoms with E-state index in [1.807, 2.05) is 30.7 Å². The van der Waals surface area contributed by atoms with Crippen LogP contribution in [0.2, 0.25) is 5.02 Å². The normalized spacial score (nSPS) is 12.9. The van der Waals surface area contributed by atoms with Crippen LogP contribution in [-0.2, 0) is 0 Å². The van der Waals surface area contributed by atoms with Crippen LogP contribution in [0.4, 0.5) is 0 Å². The Bertz CT molecular complexity index is 566. The summed E-state index contributed by atoms with van der Waals surface area (Å²) in [5.74, 6) is 0.777. The van der Waals surface area contributed by atoms with E-state index in [-0.39, 0.29) is 0 Å². The van der Waals surface area contributed by atoms with Gasteiger partial charge in [0.2, 0.25) is 0 Å². The summed E-state index contributed by atoms with van der Waals surface area (Å²) in [6.45, 7) is 4.98. The molecule has 2 aromatic rings. The van der Waals surface area contributed by atoms with E-state index in [0.717, 1.165) is 20.0 Å². The van der Waals surface area contributed by atoms with Crippen LogP contribution in [0.3, 0.4) is 0 Å². The molecule has 0 aliphatic heterocycles. The standard InChI is InChI=1S/C14H17ClIN3/c1-9(2)11(6-17)14-7-18-8-19(14)13-4-3-10(15)5-12(13)16/h3-5,7-9,11H,6,17H2,1-2H3. The van der Waals surface area contributed by atoms with Crippen molar-refractivity contribution in [2.75, 3.05) is 6.54 Å². The molecule has 3 nitrogen and oxygen atoms in total. The molecule has 1 heterocycles. The minimum absolute atomic E-state index is 0.300. The molecule has 0 radical (unpaired) electrons. The van der Waals surface area contributed by atoms with Crippen molar-refractivity contribution in [1.82, 2.24) is 9.55 Å². The fraction of sp³-hybridized carbons (Fsp3) is 0.357. The summed E-state index contributed by atoms with van der Waals surface area (Å²) in [5, 5.41) is 0.744. The third-order valence-corrected chi connectivity index (χ3v) is 4.37. The lowest BCUT2D eigenvalue weighted by Gasteiger charge is -2.21. The van der Waals surface area contributed by atoms with Crippen molar-refractivity contribution in [3.63, 3.8) is 0 Å². The predicted molar refractivity (Wildman–Crippen MR) is 87.9 cm³/mol. The van der Waals surface area contributed by atoms with Gasteiger partial charge in [0.25, 0.3) is 0 Å². The number of benzene rings is 1. The maximum atomic E-state index is 6.01. The summed E-state index contributed by atoms with van der Waals surface area (Å²) in [6.07, 6.45) is 3.74. The molecule has 2 N–H and O–H groups in total. The molecule has 0 fully saturated rings. The van der Waals surface area contributed by atoms with Gasteiger partial charge < -0.3 is 10.3 Å². The highest BCUT2D eigenvalue weighted by molar-refractivity contribution is 14.1. The van der Waals surface area contributed by atoms with E-state index in [1.165, 1.54) is 0 Å². The van der Waals surface area contributed by atoms with Crippen molar-refractivity contribution in [3.05, 3.63) is 45.0 Å². The van der Waals surface area contributed by atoms with Gasteiger partial charge in [-0.2, -0.15) is 0 Å². The smallest absolute Gasteiger partial charge is 0.0994 e. The van der Waals surface area contributed by atoms with Gasteiger partial charge in [-0.25, -0.2) is 4.98 Å². The minimum atomic E-state index is 0.300. The second-order valence-corrected chi connectivity index (χ2v) is 6.47. The topological polar surface area (TPSA) is 43.8 Å². The molecular formula is C14H17ClIN3. The van der Waals surface area contributed by atoms with Crippen molar-refractivity contribution in [1.29, 1.82) is 0 Å². The van der Waals surface area contributed by atoms with Crippen LogP contribution in [0.25, 0.3) is 5.69 Å². The van der Waals surface area contributed by atoms with Crippen molar-refractivity contribution in [3.8, 4) is 5.69 Å². The first-order valence-corrected chi connectivity index (χ1v) is 7.68. The summed E-state index contributed by atoms with van der Waals surface area (Å²) in [6, 6.07) is 5.87. The van der Waals surface area contributed by atoms with E-state index in [9.17, 15) is 0 Å². The predicted octanol–water partition coefficient (Wildman–Crippen LogP) is 3.83. The van der Waals surface area contributed by atoms with Crippen LogP contribution in [-0.4, -0.2) is 16.1 Å². The second-order valence-electron chi connectivity index (χ2n) is 4.87. The van der Waals surface area contributed by atoms with E-state index in [0.29, 0.717) is 18.4 Å². The van der Waals surface area contributed by atoms with Crippen LogP contribution in [0, 0.1) is 9.49 Å². The SMILES string of the molecule is CC(C)C(CN)c1cncn1-c1ccc(Cl)cc1I. The van der Waals surface area contributed by atoms with Gasteiger partial charge in [-0.3, -0.25) is 0 Å². The molecule has 0 spiro atoms. The third-order valence-electron chi connectivity index (χ3n) is 3.27. The van der Waals surface area contributed by atoms with E-state index in [4.69, 9.17) is 17.3 Å². The molecule has 1 unspecified atom stereocenters. The number of nitrogens with zero attached hydrogens (tertiary/aromatic N) is 2. The lowest BCUT2D eigenvalue weighted by molar-refractivity contribution is 0.489. The molecule has 1 atom stereocenters. The summed E-state index contributed by atoms with van der Waals surface area (Å²) in [7, 11) is 0. The Kier molecular flexibility index (Phi) is 4.86. The maximum absolute atomic E-state index is 6.01. The second kappa shape index (κ2) is 6.24. The molecule has 0 saturated carbocycles. The van der Waals surface area contributed by atoms with Crippen LogP contribution in [0.1, 0.15) is 25.5 Å². The Hall–Kier alpha value is -0.590. The Morgan fingerprint density at radius 3 is 2.74 bits per heavy atom. The van der Waals surface area contributed by atoms with E-state index < -0.39 is 0 Å². The number of hydrogen-bond donors (Lipinski definition) is 1. The van der Waals surface area contributed by atoms with Gasteiger partial charge in [0.05, 0.1) is 12.0 Å². The molecule has 2 rings (SSSR count). The first-order chi connectivity index (χ1) is 9.04. The van der Waals surface area contributed by atoms with Gasteiger partial charge in [-0.1, -0.05) is 25.4 Å². The molecule has 0 saturated heterocycles. The number of rotatable bonds is 4. The molecule has 1 aromatic heterocycles. The van der Waals surface area contributed by atoms with Crippen molar-refractivity contribution in [2.24, 2.45) is 11.7 Å². The summed E-state index contributed by atoms with van der Waals surface area (Å²) >= 11 is 8.30. The Morgan fingerprint density at radius 1 is 1.42 bits per heavy atom. The zero-order valence-corrected chi connectivity index (χ0v) is 13.9. The van der Waals surface area contributed by atoms with Gasteiger partial charge in [-0.15, -0.1) is 0 Å². The molecule has 1 aromatic carbocycles. The van der Waals surface area contributed by atoms with Gasteiger partial charge in [0, 0.05) is 32.9 Å². The zero-order valence-electron chi connectivity index (χ0n) is 11.0. The highest BCUT2D eigenvalue weighted by Crippen LogP contribution is 2.28. The van der Waals surface area contributed by atoms with Crippen molar-refractivity contribution < 1.29 is 0 Å². The third kappa shape index (κ3) is 3.12. The molecule has 5 heteroatoms. The largest absolute Gasteiger partial charge is 0.330 e. The Morgan fingerprint density at radius 2 is 2.16 bits per heavy atom. The number of halogens is 2. The lowest BCUT2D eigenvalue weighted by atomic mass is 9.93. The molecular weight excluding hydrogens is 373 g/mol. The average molecular weight is 390 g/mol. The van der Waals surface area contributed by atoms with Gasteiger partial charge in [0.15, 0.2) is 0 Å². The Labute approximate surface area is 132 Å². The monoisotopic (exact) mass is 389 g/mol. The first kappa shape index (κ1) is 14.8. The van der Waals surface area contributed by atoms with Crippen LogP contribution < -0.4 is 5.73 Å². The molecule has 0 bridgehead atoms. The first-order valence-electron chi connectivity index (χ1n) is 6.22. The fourth-order valence-corrected chi connectivity index (χ4v) is 3.32. The van der Waals surface area contributed by atoms with E-state index >= 15 is 0 Å². The Balaban J connectivity index is 2.49. The minimum Gasteiger partial charge on any atom is -0.330 e. The average Bonchev–Trinajstić information content (AvgIpc) is 2.78. The van der Waals surface area contributed by atoms with Gasteiger partial charge in [-0.05, 0) is 46.7 Å². The number of hydrogen-bond acceptors (Lipinski definition) is 2. The van der Waals surface area contributed by atoms with Gasteiger partial charge in [0.1, 0.15) is 0 Å². The summed E-state index contributed by atoms with van der Waals surface area (Å²) in [4.78, 5) is 4.28. The fourth-order valence-electron chi connectivity index (χ4n) is 2.19. The lowest BCUT2D eigenvalue weighted by Crippen LogP contribution is -2.20. The van der Waals surface area contributed by atoms with Crippen LogP contribution in [0.5, 0.6) is 0 Å². The molecule has 102 valence electrons. The molecule has 0 aliphatic carbocycles.